The predicted molar refractivity (Wildman–Crippen MR) is 114 cm³/mol. The molecule has 0 amide bonds. The van der Waals surface area contributed by atoms with Gasteiger partial charge >= 0.3 is 0 Å². The molecule has 0 aliphatic heterocycles. The number of anilines is 2. The molecule has 0 aliphatic carbocycles. The van der Waals surface area contributed by atoms with E-state index in [0.717, 1.165) is 16.7 Å². The molecule has 1 unspecified atom stereocenters. The van der Waals surface area contributed by atoms with Gasteiger partial charge in [-0.2, -0.15) is 4.98 Å². The number of hydrogen-bond donors (Lipinski definition) is 2. The Bertz CT molecular complexity index is 939. The number of benzene rings is 2. The van der Waals surface area contributed by atoms with Crippen LogP contribution in [0.2, 0.25) is 0 Å². The zero-order valence-electron chi connectivity index (χ0n) is 17.1. The zero-order valence-corrected chi connectivity index (χ0v) is 17.1. The van der Waals surface area contributed by atoms with Crippen LogP contribution in [0.25, 0.3) is 0 Å². The number of nitrogens with zero attached hydrogens (tertiary/aromatic N) is 2. The quantitative estimate of drug-likeness (QED) is 0.599. The van der Waals surface area contributed by atoms with Gasteiger partial charge in [-0.15, -0.1) is 0 Å². The van der Waals surface area contributed by atoms with Crippen LogP contribution in [0, 0.1) is 0 Å². The van der Waals surface area contributed by atoms with Crippen LogP contribution in [0.15, 0.2) is 48.7 Å². The molecule has 3 N–H and O–H groups in total. The maximum atomic E-state index is 6.20. The molecule has 29 heavy (non-hydrogen) atoms. The number of rotatable bonds is 8. The number of methoxy groups -OCH3 is 3. The fourth-order valence-corrected chi connectivity index (χ4v) is 3.10. The monoisotopic (exact) mass is 394 g/mol. The summed E-state index contributed by atoms with van der Waals surface area (Å²) < 4.78 is 16.2. The van der Waals surface area contributed by atoms with Crippen LogP contribution in [0.3, 0.4) is 0 Å². The molecule has 1 heterocycles. The predicted octanol–water partition coefficient (Wildman–Crippen LogP) is 3.85. The minimum Gasteiger partial charge on any atom is -0.493 e. The van der Waals surface area contributed by atoms with Crippen LogP contribution in [0.5, 0.6) is 17.2 Å². The lowest BCUT2D eigenvalue weighted by atomic mass is 10.1. The molecule has 0 radical (unpaired) electrons. The first-order valence-corrected chi connectivity index (χ1v) is 9.27. The maximum absolute atomic E-state index is 6.20. The summed E-state index contributed by atoms with van der Waals surface area (Å²) in [5, 5.41) is 3.28. The molecule has 0 saturated carbocycles. The van der Waals surface area contributed by atoms with E-state index in [2.05, 4.69) is 34.3 Å². The van der Waals surface area contributed by atoms with Crippen LogP contribution in [0.1, 0.15) is 29.7 Å². The highest BCUT2D eigenvalue weighted by molar-refractivity contribution is 5.55. The van der Waals surface area contributed by atoms with E-state index in [1.807, 2.05) is 30.3 Å². The van der Waals surface area contributed by atoms with Gasteiger partial charge in [0.1, 0.15) is 5.82 Å². The molecule has 1 atom stereocenters. The summed E-state index contributed by atoms with van der Waals surface area (Å²) in [5.41, 5.74) is 9.12. The van der Waals surface area contributed by atoms with Crippen molar-refractivity contribution in [2.75, 3.05) is 32.4 Å². The van der Waals surface area contributed by atoms with Crippen molar-refractivity contribution >= 4 is 11.8 Å². The molecule has 0 aliphatic rings. The molecule has 7 heteroatoms. The van der Waals surface area contributed by atoms with E-state index >= 15 is 0 Å². The van der Waals surface area contributed by atoms with Gasteiger partial charge in [-0.05, 0) is 30.2 Å². The van der Waals surface area contributed by atoms with E-state index in [1.54, 1.807) is 27.5 Å². The lowest BCUT2D eigenvalue weighted by Crippen LogP contribution is -2.11. The first kappa shape index (κ1) is 20.3. The van der Waals surface area contributed by atoms with Crippen LogP contribution < -0.4 is 25.3 Å². The minimum absolute atomic E-state index is 0.0663. The number of hydrogen-bond acceptors (Lipinski definition) is 7. The van der Waals surface area contributed by atoms with Gasteiger partial charge in [-0.3, -0.25) is 0 Å². The molecule has 0 spiro atoms. The fourth-order valence-electron chi connectivity index (χ4n) is 3.10. The third-order valence-corrected chi connectivity index (χ3v) is 4.66. The van der Waals surface area contributed by atoms with Crippen molar-refractivity contribution in [1.82, 2.24) is 9.97 Å². The molecule has 0 bridgehead atoms. The Kier molecular flexibility index (Phi) is 6.39. The van der Waals surface area contributed by atoms with Crippen LogP contribution >= 0.6 is 0 Å². The number of aromatic nitrogens is 2. The molecule has 2 aromatic carbocycles. The summed E-state index contributed by atoms with van der Waals surface area (Å²) in [6.07, 6.45) is 2.28. The summed E-state index contributed by atoms with van der Waals surface area (Å²) in [7, 11) is 4.76. The van der Waals surface area contributed by atoms with E-state index in [0.29, 0.717) is 35.4 Å². The Hall–Kier alpha value is -3.48. The first-order valence-electron chi connectivity index (χ1n) is 9.27. The van der Waals surface area contributed by atoms with E-state index in [1.165, 1.54) is 0 Å². The van der Waals surface area contributed by atoms with Crippen molar-refractivity contribution in [2.24, 2.45) is 0 Å². The first-order chi connectivity index (χ1) is 14.0. The van der Waals surface area contributed by atoms with Crippen molar-refractivity contribution in [1.29, 1.82) is 0 Å². The third-order valence-electron chi connectivity index (χ3n) is 4.66. The van der Waals surface area contributed by atoms with Gasteiger partial charge in [0.05, 0.1) is 27.4 Å². The van der Waals surface area contributed by atoms with E-state index in [9.17, 15) is 0 Å². The second kappa shape index (κ2) is 9.14. The second-order valence-electron chi connectivity index (χ2n) is 6.59. The van der Waals surface area contributed by atoms with Crippen molar-refractivity contribution in [3.05, 3.63) is 65.4 Å². The van der Waals surface area contributed by atoms with Gasteiger partial charge in [-0.25, -0.2) is 4.98 Å². The van der Waals surface area contributed by atoms with Gasteiger partial charge < -0.3 is 25.3 Å². The highest BCUT2D eigenvalue weighted by Crippen LogP contribution is 2.38. The Balaban J connectivity index is 1.79. The molecule has 3 aromatic rings. The standard InChI is InChI=1S/C22H26N4O3/c1-14(16-8-6-5-7-9-16)25-22-24-13-17(21(23)26-22)10-15-11-18(27-2)20(29-4)19(12-15)28-3/h5-9,11-14H,10H2,1-4H3,(H3,23,24,25,26). The lowest BCUT2D eigenvalue weighted by molar-refractivity contribution is 0.324. The van der Waals surface area contributed by atoms with E-state index in [-0.39, 0.29) is 6.04 Å². The number of nitrogen functional groups attached to an aromatic ring is 1. The number of ether oxygens (including phenoxy) is 3. The van der Waals surface area contributed by atoms with Crippen LogP contribution in [-0.2, 0) is 6.42 Å². The summed E-state index contributed by atoms with van der Waals surface area (Å²) in [6, 6.07) is 14.0. The summed E-state index contributed by atoms with van der Waals surface area (Å²) in [5.74, 6) is 2.66. The smallest absolute Gasteiger partial charge is 0.225 e. The molecule has 1 aromatic heterocycles. The summed E-state index contributed by atoms with van der Waals surface area (Å²) in [4.78, 5) is 8.85. The molecule has 0 fully saturated rings. The van der Waals surface area contributed by atoms with Gasteiger partial charge in [0, 0.05) is 18.2 Å². The van der Waals surface area contributed by atoms with Crippen LogP contribution in [0.4, 0.5) is 11.8 Å². The van der Waals surface area contributed by atoms with Crippen molar-refractivity contribution in [2.45, 2.75) is 19.4 Å². The van der Waals surface area contributed by atoms with Crippen molar-refractivity contribution in [3.8, 4) is 17.2 Å². The molecule has 3 rings (SSSR count). The van der Waals surface area contributed by atoms with Crippen LogP contribution in [-0.4, -0.2) is 31.3 Å². The number of nitrogens with two attached hydrogens (primary N) is 1. The zero-order chi connectivity index (χ0) is 20.8. The average molecular weight is 394 g/mol. The largest absolute Gasteiger partial charge is 0.493 e. The Morgan fingerprint density at radius 3 is 2.21 bits per heavy atom. The fraction of sp³-hybridized carbons (Fsp3) is 0.273. The summed E-state index contributed by atoms with van der Waals surface area (Å²) in [6.45, 7) is 2.05. The highest BCUT2D eigenvalue weighted by atomic mass is 16.5. The van der Waals surface area contributed by atoms with E-state index in [4.69, 9.17) is 19.9 Å². The maximum Gasteiger partial charge on any atom is 0.225 e. The van der Waals surface area contributed by atoms with Gasteiger partial charge in [0.25, 0.3) is 0 Å². The van der Waals surface area contributed by atoms with Gasteiger partial charge in [0.15, 0.2) is 11.5 Å². The topological polar surface area (TPSA) is 91.5 Å². The molecule has 7 nitrogen and oxygen atoms in total. The highest BCUT2D eigenvalue weighted by Gasteiger charge is 2.15. The van der Waals surface area contributed by atoms with Gasteiger partial charge in [0.2, 0.25) is 11.7 Å². The lowest BCUT2D eigenvalue weighted by Gasteiger charge is -2.16. The Morgan fingerprint density at radius 1 is 1.00 bits per heavy atom. The normalized spacial score (nSPS) is 11.6. The Labute approximate surface area is 170 Å². The molecular formula is C22H26N4O3. The summed E-state index contributed by atoms with van der Waals surface area (Å²) >= 11 is 0. The molecular weight excluding hydrogens is 368 g/mol. The minimum atomic E-state index is 0.0663. The van der Waals surface area contributed by atoms with Crippen molar-refractivity contribution in [3.63, 3.8) is 0 Å². The third kappa shape index (κ3) is 4.68. The van der Waals surface area contributed by atoms with Gasteiger partial charge in [-0.1, -0.05) is 30.3 Å². The van der Waals surface area contributed by atoms with Crippen molar-refractivity contribution < 1.29 is 14.2 Å². The molecule has 0 saturated heterocycles. The second-order valence-corrected chi connectivity index (χ2v) is 6.59. The number of nitrogens with one attached hydrogen (secondary N) is 1. The molecule has 152 valence electrons. The van der Waals surface area contributed by atoms with E-state index < -0.39 is 0 Å². The SMILES string of the molecule is COc1cc(Cc2cnc(NC(C)c3ccccc3)nc2N)cc(OC)c1OC. The Morgan fingerprint density at radius 2 is 1.66 bits per heavy atom. The average Bonchev–Trinajstić information content (AvgIpc) is 2.75.